The van der Waals surface area contributed by atoms with Crippen molar-refractivity contribution in [2.24, 2.45) is 7.05 Å². The monoisotopic (exact) mass is 484 g/mol. The molecule has 0 unspecified atom stereocenters. The highest BCUT2D eigenvalue weighted by atomic mass is 32.2. The van der Waals surface area contributed by atoms with E-state index in [2.05, 4.69) is 27.6 Å². The van der Waals surface area contributed by atoms with Gasteiger partial charge in [0.25, 0.3) is 0 Å². The molecule has 0 fully saturated rings. The van der Waals surface area contributed by atoms with Gasteiger partial charge in [-0.25, -0.2) is 4.79 Å². The van der Waals surface area contributed by atoms with Gasteiger partial charge in [0, 0.05) is 18.3 Å². The number of rotatable bonds is 7. The number of thioether (sulfide) groups is 1. The largest absolute Gasteiger partial charge is 0.465 e. The average Bonchev–Trinajstić information content (AvgIpc) is 3.31. The third-order valence-electron chi connectivity index (χ3n) is 5.78. The first-order chi connectivity index (χ1) is 16.1. The molecule has 0 saturated heterocycles. The Morgan fingerprint density at radius 1 is 1.12 bits per heavy atom. The molecule has 0 radical (unpaired) electrons. The van der Waals surface area contributed by atoms with Crippen molar-refractivity contribution in [3.8, 4) is 0 Å². The number of thiophene rings is 1. The Kier molecular flexibility index (Phi) is 7.82. The number of aromatic nitrogens is 3. The maximum Gasteiger partial charge on any atom is 0.341 e. The minimum atomic E-state index is -0.380. The second-order valence-electron chi connectivity index (χ2n) is 8.07. The first-order valence-corrected chi connectivity index (χ1v) is 12.9. The van der Waals surface area contributed by atoms with Gasteiger partial charge >= 0.3 is 5.97 Å². The Morgan fingerprint density at radius 3 is 2.64 bits per heavy atom. The number of aryl methyl sites for hydroxylation is 1. The molecule has 9 heteroatoms. The molecule has 0 bridgehead atoms. The van der Waals surface area contributed by atoms with E-state index in [1.54, 1.807) is 0 Å². The number of benzene rings is 1. The van der Waals surface area contributed by atoms with Gasteiger partial charge in [-0.3, -0.25) is 4.79 Å². The molecule has 1 aromatic carbocycles. The smallest absolute Gasteiger partial charge is 0.341 e. The number of amides is 1. The lowest BCUT2D eigenvalue weighted by Gasteiger charge is -2.11. The van der Waals surface area contributed by atoms with Crippen LogP contribution in [0.5, 0.6) is 0 Å². The number of nitrogens with zero attached hydrogens (tertiary/aromatic N) is 3. The van der Waals surface area contributed by atoms with Crippen molar-refractivity contribution in [2.75, 3.05) is 18.2 Å². The lowest BCUT2D eigenvalue weighted by atomic mass is 9.96. The molecule has 0 spiro atoms. The molecule has 1 aliphatic rings. The summed E-state index contributed by atoms with van der Waals surface area (Å²) in [5.74, 6) is 0.470. The van der Waals surface area contributed by atoms with Gasteiger partial charge in [0.05, 0.1) is 18.4 Å². The summed E-state index contributed by atoms with van der Waals surface area (Å²) < 4.78 is 6.96. The highest BCUT2D eigenvalue weighted by Gasteiger charge is 2.26. The molecular weight excluding hydrogens is 456 g/mol. The fourth-order valence-corrected chi connectivity index (χ4v) is 6.04. The first kappa shape index (κ1) is 23.5. The zero-order valence-electron chi connectivity index (χ0n) is 18.9. The van der Waals surface area contributed by atoms with E-state index in [-0.39, 0.29) is 17.6 Å². The average molecular weight is 485 g/mol. The maximum absolute atomic E-state index is 12.8. The van der Waals surface area contributed by atoms with Crippen LogP contribution in [0.15, 0.2) is 35.5 Å². The second kappa shape index (κ2) is 11.0. The number of fused-ring (bicyclic) bond motifs is 1. The Balaban J connectivity index is 1.43. The third kappa shape index (κ3) is 5.65. The quantitative estimate of drug-likeness (QED) is 0.388. The van der Waals surface area contributed by atoms with E-state index in [0.717, 1.165) is 49.1 Å². The van der Waals surface area contributed by atoms with E-state index in [1.807, 2.05) is 29.8 Å². The van der Waals surface area contributed by atoms with Crippen LogP contribution in [0.2, 0.25) is 0 Å². The van der Waals surface area contributed by atoms with Crippen molar-refractivity contribution >= 4 is 40.0 Å². The van der Waals surface area contributed by atoms with Crippen LogP contribution in [0, 0.1) is 0 Å². The second-order valence-corrected chi connectivity index (χ2v) is 10.1. The van der Waals surface area contributed by atoms with E-state index in [0.29, 0.717) is 22.1 Å². The summed E-state index contributed by atoms with van der Waals surface area (Å²) in [4.78, 5) is 26.5. The van der Waals surface area contributed by atoms with E-state index in [9.17, 15) is 9.59 Å². The molecule has 0 saturated carbocycles. The number of anilines is 1. The molecule has 7 nitrogen and oxygen atoms in total. The molecule has 1 amide bonds. The number of ether oxygens (including phenoxy) is 1. The minimum Gasteiger partial charge on any atom is -0.465 e. The Morgan fingerprint density at radius 2 is 1.88 bits per heavy atom. The number of nitrogens with one attached hydrogen (secondary N) is 1. The van der Waals surface area contributed by atoms with E-state index < -0.39 is 0 Å². The summed E-state index contributed by atoms with van der Waals surface area (Å²) >= 11 is 2.84. The number of hydrogen-bond acceptors (Lipinski definition) is 7. The summed E-state index contributed by atoms with van der Waals surface area (Å²) in [5, 5.41) is 12.8. The first-order valence-electron chi connectivity index (χ1n) is 11.1. The highest BCUT2D eigenvalue weighted by molar-refractivity contribution is 7.99. The van der Waals surface area contributed by atoms with Gasteiger partial charge in [0.2, 0.25) is 5.91 Å². The zero-order valence-corrected chi connectivity index (χ0v) is 20.6. The Labute approximate surface area is 201 Å². The molecule has 2 aromatic heterocycles. The van der Waals surface area contributed by atoms with Gasteiger partial charge in [-0.2, -0.15) is 0 Å². The number of hydrogen-bond donors (Lipinski definition) is 1. The zero-order chi connectivity index (χ0) is 23.2. The molecular formula is C24H28N4O3S2. The molecule has 33 heavy (non-hydrogen) atoms. The lowest BCUT2D eigenvalue weighted by molar-refractivity contribution is -0.113. The van der Waals surface area contributed by atoms with Gasteiger partial charge in [-0.1, -0.05) is 54.9 Å². The van der Waals surface area contributed by atoms with Crippen molar-refractivity contribution < 1.29 is 14.3 Å². The fourth-order valence-electron chi connectivity index (χ4n) is 4.02. The van der Waals surface area contributed by atoms with Crippen molar-refractivity contribution in [1.29, 1.82) is 0 Å². The van der Waals surface area contributed by atoms with E-state index >= 15 is 0 Å². The van der Waals surface area contributed by atoms with Gasteiger partial charge < -0.3 is 14.6 Å². The van der Waals surface area contributed by atoms with Crippen LogP contribution in [-0.4, -0.2) is 39.5 Å². The molecule has 1 aliphatic carbocycles. The molecule has 1 N–H and O–H groups in total. The SMILES string of the molecule is COC(=O)c1c(NC(=O)CSc2nnc(Cc3ccccc3)n2C)sc2c1CCCCCC2. The maximum atomic E-state index is 12.8. The van der Waals surface area contributed by atoms with E-state index in [1.165, 1.54) is 41.5 Å². The normalized spacial score (nSPS) is 13.6. The standard InChI is InChI=1S/C24H28N4O3S2/c1-28-19(14-16-10-6-5-7-11-16)26-27-24(28)32-15-20(29)25-22-21(23(30)31-2)17-12-8-3-4-9-13-18(17)33-22/h5-7,10-11H,3-4,8-9,12-15H2,1-2H3,(H,25,29). The lowest BCUT2D eigenvalue weighted by Crippen LogP contribution is -2.16. The van der Waals surface area contributed by atoms with Crippen molar-refractivity contribution in [3.63, 3.8) is 0 Å². The van der Waals surface area contributed by atoms with Crippen LogP contribution in [0.4, 0.5) is 5.00 Å². The van der Waals surface area contributed by atoms with Gasteiger partial charge in [-0.05, 0) is 36.8 Å². The van der Waals surface area contributed by atoms with Crippen molar-refractivity contribution in [3.05, 3.63) is 57.7 Å². The van der Waals surface area contributed by atoms with Crippen LogP contribution >= 0.6 is 23.1 Å². The van der Waals surface area contributed by atoms with Crippen LogP contribution in [0.3, 0.4) is 0 Å². The van der Waals surface area contributed by atoms with Crippen LogP contribution in [0.25, 0.3) is 0 Å². The summed E-state index contributed by atoms with van der Waals surface area (Å²) in [7, 11) is 3.30. The molecule has 0 atom stereocenters. The molecule has 0 aliphatic heterocycles. The number of methoxy groups -OCH3 is 1. The summed E-state index contributed by atoms with van der Waals surface area (Å²) in [6.07, 6.45) is 7.00. The molecule has 4 rings (SSSR count). The summed E-state index contributed by atoms with van der Waals surface area (Å²) in [6.45, 7) is 0. The highest BCUT2D eigenvalue weighted by Crippen LogP contribution is 2.37. The van der Waals surface area contributed by atoms with Crippen LogP contribution in [0.1, 0.15) is 57.9 Å². The summed E-state index contributed by atoms with van der Waals surface area (Å²) in [6, 6.07) is 10.1. The Bertz CT molecular complexity index is 1120. The minimum absolute atomic E-state index is 0.174. The topological polar surface area (TPSA) is 86.1 Å². The number of carbonyl (C=O) groups is 2. The van der Waals surface area contributed by atoms with Gasteiger partial charge in [0.15, 0.2) is 5.16 Å². The molecule has 174 valence electrons. The third-order valence-corrected chi connectivity index (χ3v) is 8.00. The summed E-state index contributed by atoms with van der Waals surface area (Å²) in [5.41, 5.74) is 2.74. The van der Waals surface area contributed by atoms with Crippen LogP contribution < -0.4 is 5.32 Å². The number of carbonyl (C=O) groups excluding carboxylic acids is 2. The number of esters is 1. The van der Waals surface area contributed by atoms with Crippen LogP contribution in [-0.2, 0) is 35.8 Å². The van der Waals surface area contributed by atoms with Gasteiger partial charge in [0.1, 0.15) is 10.8 Å². The van der Waals surface area contributed by atoms with Crippen molar-refractivity contribution in [1.82, 2.24) is 14.8 Å². The molecule has 3 aromatic rings. The molecule has 2 heterocycles. The predicted molar refractivity (Wildman–Crippen MR) is 131 cm³/mol. The fraction of sp³-hybridized carbons (Fsp3) is 0.417. The van der Waals surface area contributed by atoms with E-state index in [4.69, 9.17) is 4.74 Å². The van der Waals surface area contributed by atoms with Gasteiger partial charge in [-0.15, -0.1) is 21.5 Å². The predicted octanol–water partition coefficient (Wildman–Crippen LogP) is 4.64. The Hall–Kier alpha value is -2.65. The van der Waals surface area contributed by atoms with Crippen molar-refractivity contribution in [2.45, 2.75) is 50.1 Å².